The molecule has 1 amide bonds. The maximum Gasteiger partial charge on any atom is 0.273 e. The summed E-state index contributed by atoms with van der Waals surface area (Å²) in [4.78, 5) is 14.2. The second-order valence-electron chi connectivity index (χ2n) is 5.28. The maximum absolute atomic E-state index is 12.1. The van der Waals surface area contributed by atoms with Crippen molar-refractivity contribution in [2.24, 2.45) is 7.05 Å². The molecule has 0 aliphatic carbocycles. The summed E-state index contributed by atoms with van der Waals surface area (Å²) < 4.78 is 1.50. The first-order valence-electron chi connectivity index (χ1n) is 6.90. The summed E-state index contributed by atoms with van der Waals surface area (Å²) in [6, 6.07) is 5.50. The Morgan fingerprint density at radius 1 is 1.41 bits per heavy atom. The van der Waals surface area contributed by atoms with E-state index in [4.69, 9.17) is 23.2 Å². The van der Waals surface area contributed by atoms with E-state index >= 15 is 0 Å². The Bertz CT molecular complexity index is 702. The fraction of sp³-hybridized carbons (Fsp3) is 0.357. The summed E-state index contributed by atoms with van der Waals surface area (Å²) >= 11 is 12.1. The summed E-state index contributed by atoms with van der Waals surface area (Å²) in [5.41, 5.74) is 1.26. The van der Waals surface area contributed by atoms with Gasteiger partial charge in [0.2, 0.25) is 0 Å². The fourth-order valence-corrected chi connectivity index (χ4v) is 3.07. The first kappa shape index (κ1) is 15.1. The molecule has 0 radical (unpaired) electrons. The van der Waals surface area contributed by atoms with E-state index in [0.717, 1.165) is 18.7 Å². The Kier molecular flexibility index (Phi) is 4.22. The Morgan fingerprint density at radius 2 is 2.23 bits per heavy atom. The van der Waals surface area contributed by atoms with Gasteiger partial charge in [-0.05, 0) is 24.6 Å². The quantitative estimate of drug-likeness (QED) is 0.930. The van der Waals surface area contributed by atoms with Crippen LogP contribution in [0.4, 0.5) is 5.69 Å². The number of rotatable bonds is 3. The molecule has 1 aliphatic heterocycles. The summed E-state index contributed by atoms with van der Waals surface area (Å²) in [6.45, 7) is 1.53. The zero-order chi connectivity index (χ0) is 15.7. The lowest BCUT2D eigenvalue weighted by atomic mass is 10.2. The third-order valence-corrected chi connectivity index (χ3v) is 4.15. The average molecular weight is 340 g/mol. The van der Waals surface area contributed by atoms with Gasteiger partial charge in [0.05, 0.1) is 16.9 Å². The molecule has 0 spiro atoms. The topological polar surface area (TPSA) is 63.1 Å². The minimum atomic E-state index is -0.206. The normalized spacial score (nSPS) is 17.8. The van der Waals surface area contributed by atoms with Gasteiger partial charge in [-0.3, -0.25) is 9.48 Å². The van der Waals surface area contributed by atoms with Crippen molar-refractivity contribution in [3.8, 4) is 0 Å². The van der Waals surface area contributed by atoms with Crippen molar-refractivity contribution in [2.45, 2.75) is 12.5 Å². The zero-order valence-corrected chi connectivity index (χ0v) is 13.5. The first-order chi connectivity index (χ1) is 10.5. The molecule has 0 bridgehead atoms. The molecule has 1 N–H and O–H groups in total. The van der Waals surface area contributed by atoms with Crippen LogP contribution in [0.1, 0.15) is 16.9 Å². The molecular weight excluding hydrogens is 325 g/mol. The largest absolute Gasteiger partial charge is 0.368 e. The highest BCUT2D eigenvalue weighted by atomic mass is 35.5. The predicted molar refractivity (Wildman–Crippen MR) is 85.5 cm³/mol. The molecule has 1 fully saturated rings. The van der Waals surface area contributed by atoms with Crippen LogP contribution >= 0.6 is 23.2 Å². The number of carbonyl (C=O) groups excluding carboxylic acids is 1. The van der Waals surface area contributed by atoms with Gasteiger partial charge in [-0.15, -0.1) is 5.10 Å². The highest BCUT2D eigenvalue weighted by molar-refractivity contribution is 6.36. The molecular formula is C14H15Cl2N5O. The van der Waals surface area contributed by atoms with E-state index in [2.05, 4.69) is 20.5 Å². The second kappa shape index (κ2) is 6.14. The lowest BCUT2D eigenvalue weighted by molar-refractivity contribution is 0.0935. The SMILES string of the molecule is Cn1cc(C(=O)N[C@@H]2CCN(c3ccc(Cl)cc3Cl)C2)nn1. The van der Waals surface area contributed by atoms with Gasteiger partial charge in [0, 0.05) is 31.2 Å². The van der Waals surface area contributed by atoms with Crippen molar-refractivity contribution in [1.82, 2.24) is 20.3 Å². The van der Waals surface area contributed by atoms with E-state index in [0.29, 0.717) is 22.3 Å². The minimum absolute atomic E-state index is 0.0567. The number of hydrogen-bond acceptors (Lipinski definition) is 4. The van der Waals surface area contributed by atoms with Crippen molar-refractivity contribution in [1.29, 1.82) is 0 Å². The first-order valence-corrected chi connectivity index (χ1v) is 7.65. The number of nitrogens with one attached hydrogen (secondary N) is 1. The second-order valence-corrected chi connectivity index (χ2v) is 6.12. The van der Waals surface area contributed by atoms with Gasteiger partial charge >= 0.3 is 0 Å². The molecule has 1 aromatic carbocycles. The van der Waals surface area contributed by atoms with Crippen LogP contribution < -0.4 is 10.2 Å². The monoisotopic (exact) mass is 339 g/mol. The van der Waals surface area contributed by atoms with Gasteiger partial charge in [0.15, 0.2) is 5.69 Å². The molecule has 2 heterocycles. The lowest BCUT2D eigenvalue weighted by Crippen LogP contribution is -2.37. The van der Waals surface area contributed by atoms with E-state index in [1.54, 1.807) is 19.3 Å². The molecule has 0 saturated carbocycles. The molecule has 1 atom stereocenters. The Balaban J connectivity index is 1.64. The smallest absolute Gasteiger partial charge is 0.273 e. The number of hydrogen-bond donors (Lipinski definition) is 1. The van der Waals surface area contributed by atoms with Crippen LogP contribution in [-0.2, 0) is 7.05 Å². The zero-order valence-electron chi connectivity index (χ0n) is 12.0. The van der Waals surface area contributed by atoms with E-state index in [1.807, 2.05) is 12.1 Å². The number of carbonyl (C=O) groups is 1. The van der Waals surface area contributed by atoms with Gasteiger partial charge < -0.3 is 10.2 Å². The molecule has 0 unspecified atom stereocenters. The van der Waals surface area contributed by atoms with Gasteiger partial charge in [-0.1, -0.05) is 28.4 Å². The molecule has 8 heteroatoms. The maximum atomic E-state index is 12.1. The Hall–Kier alpha value is -1.79. The van der Waals surface area contributed by atoms with E-state index in [-0.39, 0.29) is 11.9 Å². The van der Waals surface area contributed by atoms with Crippen LogP contribution in [0.3, 0.4) is 0 Å². The summed E-state index contributed by atoms with van der Waals surface area (Å²) in [5, 5.41) is 11.8. The van der Waals surface area contributed by atoms with Crippen LogP contribution in [0.25, 0.3) is 0 Å². The number of halogens is 2. The van der Waals surface area contributed by atoms with Crippen LogP contribution in [0.2, 0.25) is 10.0 Å². The molecule has 1 saturated heterocycles. The summed E-state index contributed by atoms with van der Waals surface area (Å²) in [5.74, 6) is -0.206. The van der Waals surface area contributed by atoms with Crippen molar-refractivity contribution >= 4 is 34.8 Å². The Labute approximate surface area is 138 Å². The molecule has 6 nitrogen and oxygen atoms in total. The van der Waals surface area contributed by atoms with E-state index < -0.39 is 0 Å². The molecule has 3 rings (SSSR count). The highest BCUT2D eigenvalue weighted by Crippen LogP contribution is 2.31. The number of aryl methyl sites for hydroxylation is 1. The van der Waals surface area contributed by atoms with Gasteiger partial charge in [-0.2, -0.15) is 0 Å². The number of aromatic nitrogens is 3. The summed E-state index contributed by atoms with van der Waals surface area (Å²) in [7, 11) is 1.73. The third-order valence-electron chi connectivity index (χ3n) is 3.61. The van der Waals surface area contributed by atoms with Crippen LogP contribution in [0, 0.1) is 0 Å². The van der Waals surface area contributed by atoms with E-state index in [1.165, 1.54) is 4.68 Å². The molecule has 2 aromatic rings. The van der Waals surface area contributed by atoms with Crippen molar-refractivity contribution < 1.29 is 4.79 Å². The lowest BCUT2D eigenvalue weighted by Gasteiger charge is -2.20. The standard InChI is InChI=1S/C14H15Cl2N5O/c1-20-8-12(18-19-20)14(22)17-10-4-5-21(7-10)13-3-2-9(15)6-11(13)16/h2-3,6,8,10H,4-5,7H2,1H3,(H,17,22)/t10-/m1/s1. The number of nitrogens with zero attached hydrogens (tertiary/aromatic N) is 4. The fourth-order valence-electron chi connectivity index (χ4n) is 2.55. The van der Waals surface area contributed by atoms with Gasteiger partial charge in [0.25, 0.3) is 5.91 Å². The third kappa shape index (κ3) is 3.18. The predicted octanol–water partition coefficient (Wildman–Crippen LogP) is 2.13. The van der Waals surface area contributed by atoms with Crippen LogP contribution in [-0.4, -0.2) is 40.0 Å². The van der Waals surface area contributed by atoms with Crippen molar-refractivity contribution in [2.75, 3.05) is 18.0 Å². The highest BCUT2D eigenvalue weighted by Gasteiger charge is 2.26. The number of benzene rings is 1. The van der Waals surface area contributed by atoms with Gasteiger partial charge in [-0.25, -0.2) is 0 Å². The van der Waals surface area contributed by atoms with Gasteiger partial charge in [0.1, 0.15) is 0 Å². The van der Waals surface area contributed by atoms with Crippen molar-refractivity contribution in [3.63, 3.8) is 0 Å². The number of anilines is 1. The van der Waals surface area contributed by atoms with E-state index in [9.17, 15) is 4.79 Å². The van der Waals surface area contributed by atoms with Crippen LogP contribution in [0.15, 0.2) is 24.4 Å². The van der Waals surface area contributed by atoms with Crippen LogP contribution in [0.5, 0.6) is 0 Å². The molecule has 116 valence electrons. The minimum Gasteiger partial charge on any atom is -0.368 e. The number of amides is 1. The van der Waals surface area contributed by atoms with Crippen molar-refractivity contribution in [3.05, 3.63) is 40.1 Å². The molecule has 1 aliphatic rings. The summed E-state index contributed by atoms with van der Waals surface area (Å²) in [6.07, 6.45) is 2.45. The molecule has 1 aromatic heterocycles. The Morgan fingerprint density at radius 3 is 2.91 bits per heavy atom. The average Bonchev–Trinajstić information content (AvgIpc) is 3.08. The molecule has 22 heavy (non-hydrogen) atoms.